The van der Waals surface area contributed by atoms with E-state index >= 15 is 0 Å². The quantitative estimate of drug-likeness (QED) is 0.686. The van der Waals surface area contributed by atoms with Gasteiger partial charge in [0.15, 0.2) is 0 Å². The van der Waals surface area contributed by atoms with Gasteiger partial charge in [-0.15, -0.1) is 0 Å². The van der Waals surface area contributed by atoms with Gasteiger partial charge < -0.3 is 10.6 Å². The largest absolute Gasteiger partial charge is 0.317 e. The third-order valence-electron chi connectivity index (χ3n) is 3.91. The van der Waals surface area contributed by atoms with E-state index in [1.807, 2.05) is 0 Å². The molecule has 0 amide bonds. The van der Waals surface area contributed by atoms with Crippen LogP contribution in [-0.2, 0) is 0 Å². The Bertz CT molecular complexity index is 84.1. The van der Waals surface area contributed by atoms with Crippen molar-refractivity contribution in [2.75, 3.05) is 26.2 Å². The lowest BCUT2D eigenvalue weighted by Crippen LogP contribution is -2.20. The Morgan fingerprint density at radius 1 is 0.278 bits per heavy atom. The van der Waals surface area contributed by atoms with Crippen LogP contribution in [0.3, 0.4) is 0 Å². The highest BCUT2D eigenvalue weighted by molar-refractivity contribution is 4.55. The molecule has 0 saturated carbocycles. The Morgan fingerprint density at radius 3 is 0.833 bits per heavy atom. The minimum atomic E-state index is 1.21. The number of hydrogen-bond donors (Lipinski definition) is 2. The molecule has 2 heteroatoms. The van der Waals surface area contributed by atoms with E-state index in [2.05, 4.69) is 10.6 Å². The summed E-state index contributed by atoms with van der Waals surface area (Å²) in [5.41, 5.74) is 0. The molecule has 1 rings (SSSR count). The smallest absolute Gasteiger partial charge is 0.00484 e. The molecular formula is C16H34N2. The molecule has 0 aromatic rings. The monoisotopic (exact) mass is 254 g/mol. The van der Waals surface area contributed by atoms with E-state index in [4.69, 9.17) is 0 Å². The summed E-state index contributed by atoms with van der Waals surface area (Å²) in [5.74, 6) is 0. The number of hydrogen-bond acceptors (Lipinski definition) is 2. The highest BCUT2D eigenvalue weighted by Gasteiger charge is 1.95. The highest BCUT2D eigenvalue weighted by atomic mass is 14.9. The Labute approximate surface area is 114 Å². The Balaban J connectivity index is 2.00. The molecule has 0 spiro atoms. The van der Waals surface area contributed by atoms with Crippen molar-refractivity contribution in [3.05, 3.63) is 0 Å². The first-order chi connectivity index (χ1) is 9.00. The van der Waals surface area contributed by atoms with Gasteiger partial charge in [0.05, 0.1) is 0 Å². The van der Waals surface area contributed by atoms with E-state index in [0.29, 0.717) is 0 Å². The molecular weight excluding hydrogens is 220 g/mol. The topological polar surface area (TPSA) is 24.1 Å². The first-order valence-electron chi connectivity index (χ1n) is 8.41. The fraction of sp³-hybridized carbons (Fsp3) is 1.00. The second-order valence-electron chi connectivity index (χ2n) is 5.74. The lowest BCUT2D eigenvalue weighted by molar-refractivity contribution is 0.514. The van der Waals surface area contributed by atoms with Gasteiger partial charge in [-0.05, 0) is 51.9 Å². The van der Waals surface area contributed by atoms with Gasteiger partial charge in [-0.3, -0.25) is 0 Å². The standard InChI is InChI=1S/C16H34N2/c1-2-4-6-8-10-14-18-16-12-11-15-17-13-9-7-5-3-1/h17-18H,1-16H2. The van der Waals surface area contributed by atoms with Crippen LogP contribution in [0.4, 0.5) is 0 Å². The molecule has 0 bridgehead atoms. The van der Waals surface area contributed by atoms with Crippen LogP contribution in [0.2, 0.25) is 0 Å². The van der Waals surface area contributed by atoms with Gasteiger partial charge in [-0.25, -0.2) is 0 Å². The van der Waals surface area contributed by atoms with Gasteiger partial charge in [0, 0.05) is 0 Å². The zero-order chi connectivity index (χ0) is 12.7. The molecule has 0 aromatic heterocycles. The van der Waals surface area contributed by atoms with Crippen molar-refractivity contribution in [2.24, 2.45) is 0 Å². The summed E-state index contributed by atoms with van der Waals surface area (Å²) in [4.78, 5) is 0. The van der Waals surface area contributed by atoms with Crippen molar-refractivity contribution < 1.29 is 0 Å². The van der Waals surface area contributed by atoms with Gasteiger partial charge in [-0.2, -0.15) is 0 Å². The molecule has 0 atom stereocenters. The normalized spacial score (nSPS) is 24.0. The molecule has 108 valence electrons. The average molecular weight is 254 g/mol. The van der Waals surface area contributed by atoms with Crippen molar-refractivity contribution in [2.45, 2.75) is 77.0 Å². The number of nitrogens with one attached hydrogen (secondary N) is 2. The summed E-state index contributed by atoms with van der Waals surface area (Å²) in [6.07, 6.45) is 17.0. The molecule has 2 N–H and O–H groups in total. The maximum atomic E-state index is 3.56. The molecule has 0 radical (unpaired) electrons. The third-order valence-corrected chi connectivity index (χ3v) is 3.91. The van der Waals surface area contributed by atoms with Gasteiger partial charge in [0.25, 0.3) is 0 Å². The molecule has 18 heavy (non-hydrogen) atoms. The van der Waals surface area contributed by atoms with E-state index < -0.39 is 0 Å². The summed E-state index contributed by atoms with van der Waals surface area (Å²) >= 11 is 0. The SMILES string of the molecule is C1CCCCCCNCCCCNCCCCC1. The van der Waals surface area contributed by atoms with Crippen molar-refractivity contribution >= 4 is 0 Å². The van der Waals surface area contributed by atoms with Gasteiger partial charge >= 0.3 is 0 Å². The van der Waals surface area contributed by atoms with Crippen LogP contribution < -0.4 is 10.6 Å². The van der Waals surface area contributed by atoms with Crippen molar-refractivity contribution in [3.8, 4) is 0 Å². The predicted molar refractivity (Wildman–Crippen MR) is 81.1 cm³/mol. The second kappa shape index (κ2) is 13.4. The highest BCUT2D eigenvalue weighted by Crippen LogP contribution is 2.10. The van der Waals surface area contributed by atoms with Gasteiger partial charge in [0.1, 0.15) is 0 Å². The summed E-state index contributed by atoms with van der Waals surface area (Å²) < 4.78 is 0. The third kappa shape index (κ3) is 11.0. The molecule has 1 heterocycles. The lowest BCUT2D eigenvalue weighted by atomic mass is 10.1. The zero-order valence-corrected chi connectivity index (χ0v) is 12.3. The van der Waals surface area contributed by atoms with Crippen molar-refractivity contribution in [1.82, 2.24) is 10.6 Å². The molecule has 0 aromatic carbocycles. The van der Waals surface area contributed by atoms with Crippen LogP contribution in [0.1, 0.15) is 77.0 Å². The summed E-state index contributed by atoms with van der Waals surface area (Å²) in [7, 11) is 0. The summed E-state index contributed by atoms with van der Waals surface area (Å²) in [6.45, 7) is 4.88. The zero-order valence-electron chi connectivity index (χ0n) is 12.3. The van der Waals surface area contributed by atoms with Gasteiger partial charge in [-0.1, -0.05) is 51.4 Å². The lowest BCUT2D eigenvalue weighted by Gasteiger charge is -2.07. The number of rotatable bonds is 0. The van der Waals surface area contributed by atoms with Gasteiger partial charge in [0.2, 0.25) is 0 Å². The Morgan fingerprint density at radius 2 is 0.500 bits per heavy atom. The molecule has 0 aliphatic carbocycles. The van der Waals surface area contributed by atoms with Crippen LogP contribution in [0.15, 0.2) is 0 Å². The van der Waals surface area contributed by atoms with E-state index in [0.717, 1.165) is 0 Å². The molecule has 1 aliphatic heterocycles. The first kappa shape index (κ1) is 16.0. The molecule has 0 unspecified atom stereocenters. The van der Waals surface area contributed by atoms with Crippen LogP contribution in [0.5, 0.6) is 0 Å². The maximum absolute atomic E-state index is 3.56. The fourth-order valence-corrected chi connectivity index (χ4v) is 2.66. The van der Waals surface area contributed by atoms with Crippen molar-refractivity contribution in [1.29, 1.82) is 0 Å². The van der Waals surface area contributed by atoms with E-state index in [1.165, 1.54) is 103 Å². The summed E-state index contributed by atoms with van der Waals surface area (Å²) in [6, 6.07) is 0. The molecule has 1 saturated heterocycles. The van der Waals surface area contributed by atoms with Crippen molar-refractivity contribution in [3.63, 3.8) is 0 Å². The Hall–Kier alpha value is -0.0800. The molecule has 2 nitrogen and oxygen atoms in total. The Kier molecular flexibility index (Phi) is 11.9. The van der Waals surface area contributed by atoms with E-state index in [9.17, 15) is 0 Å². The minimum Gasteiger partial charge on any atom is -0.317 e. The first-order valence-corrected chi connectivity index (χ1v) is 8.41. The maximum Gasteiger partial charge on any atom is -0.00484 e. The van der Waals surface area contributed by atoms with E-state index in [-0.39, 0.29) is 0 Å². The molecule has 1 aliphatic rings. The van der Waals surface area contributed by atoms with Crippen LogP contribution in [-0.4, -0.2) is 26.2 Å². The second-order valence-corrected chi connectivity index (χ2v) is 5.74. The average Bonchev–Trinajstić information content (AvgIpc) is 2.39. The molecule has 1 fully saturated rings. The van der Waals surface area contributed by atoms with Crippen LogP contribution in [0, 0.1) is 0 Å². The van der Waals surface area contributed by atoms with Crippen LogP contribution in [0.25, 0.3) is 0 Å². The summed E-state index contributed by atoms with van der Waals surface area (Å²) in [5, 5.41) is 7.12. The van der Waals surface area contributed by atoms with Crippen LogP contribution >= 0.6 is 0 Å². The predicted octanol–water partition coefficient (Wildman–Crippen LogP) is 3.86. The van der Waals surface area contributed by atoms with E-state index in [1.54, 1.807) is 0 Å². The minimum absolute atomic E-state index is 1.21. The fourth-order valence-electron chi connectivity index (χ4n) is 2.66.